The van der Waals surface area contributed by atoms with E-state index in [1.165, 1.54) is 5.56 Å². The van der Waals surface area contributed by atoms with Crippen LogP contribution in [-0.2, 0) is 13.2 Å². The fourth-order valence-corrected chi connectivity index (χ4v) is 2.23. The minimum absolute atomic E-state index is 0.486. The maximum atomic E-state index is 5.77. The number of benzene rings is 1. The first-order valence-corrected chi connectivity index (χ1v) is 6.40. The molecule has 0 unspecified atom stereocenters. The van der Waals surface area contributed by atoms with Crippen LogP contribution in [0.2, 0.25) is 0 Å². The predicted octanol–water partition coefficient (Wildman–Crippen LogP) is 2.80. The van der Waals surface area contributed by atoms with Gasteiger partial charge < -0.3 is 10.5 Å². The third kappa shape index (κ3) is 3.05. The van der Waals surface area contributed by atoms with Crippen LogP contribution in [-0.4, -0.2) is 4.98 Å². The summed E-state index contributed by atoms with van der Waals surface area (Å²) in [6.45, 7) is 5.10. The third-order valence-electron chi connectivity index (χ3n) is 2.50. The van der Waals surface area contributed by atoms with Crippen LogP contribution in [0.25, 0.3) is 0 Å². The third-order valence-corrected chi connectivity index (χ3v) is 3.37. The maximum absolute atomic E-state index is 5.77. The van der Waals surface area contributed by atoms with Gasteiger partial charge in [0.05, 0.1) is 5.69 Å². The summed E-state index contributed by atoms with van der Waals surface area (Å²) in [7, 11) is 0. The highest BCUT2D eigenvalue weighted by atomic mass is 32.1. The molecule has 0 aliphatic carbocycles. The molecule has 2 aromatic rings. The van der Waals surface area contributed by atoms with Gasteiger partial charge in [-0.25, -0.2) is 4.98 Å². The van der Waals surface area contributed by atoms with Crippen LogP contribution >= 0.6 is 11.3 Å². The molecule has 4 heteroatoms. The van der Waals surface area contributed by atoms with Gasteiger partial charge in [-0.1, -0.05) is 12.1 Å². The number of thiazole rings is 1. The van der Waals surface area contributed by atoms with Crippen molar-refractivity contribution in [1.29, 1.82) is 0 Å². The highest BCUT2D eigenvalue weighted by Gasteiger charge is 2.04. The van der Waals surface area contributed by atoms with Crippen molar-refractivity contribution >= 4 is 11.3 Å². The lowest BCUT2D eigenvalue weighted by Gasteiger charge is -2.08. The zero-order valence-electron chi connectivity index (χ0n) is 10.1. The molecule has 1 aromatic carbocycles. The van der Waals surface area contributed by atoms with Gasteiger partial charge in [0.2, 0.25) is 0 Å². The van der Waals surface area contributed by atoms with Crippen LogP contribution in [0, 0.1) is 13.8 Å². The largest absolute Gasteiger partial charge is 0.486 e. The molecule has 3 nitrogen and oxygen atoms in total. The Bertz CT molecular complexity index is 508. The van der Waals surface area contributed by atoms with Gasteiger partial charge >= 0.3 is 0 Å². The second-order valence-electron chi connectivity index (χ2n) is 3.99. The highest BCUT2D eigenvalue weighted by Crippen LogP contribution is 2.21. The summed E-state index contributed by atoms with van der Waals surface area (Å²) >= 11 is 1.59. The van der Waals surface area contributed by atoms with Gasteiger partial charge in [0.15, 0.2) is 0 Å². The molecular formula is C13H16N2OS. The summed E-state index contributed by atoms with van der Waals surface area (Å²) in [4.78, 5) is 4.36. The number of nitrogens with two attached hydrogens (primary N) is 1. The van der Waals surface area contributed by atoms with E-state index >= 15 is 0 Å². The van der Waals surface area contributed by atoms with Crippen molar-refractivity contribution in [3.63, 3.8) is 0 Å². The second-order valence-corrected chi connectivity index (χ2v) is 4.94. The van der Waals surface area contributed by atoms with Crippen molar-refractivity contribution in [3.8, 4) is 5.75 Å². The molecule has 1 heterocycles. The Kier molecular flexibility index (Phi) is 3.76. The SMILES string of the molecule is Cc1ccc(C)c(OCc2nc(CN)cs2)c1. The summed E-state index contributed by atoms with van der Waals surface area (Å²) in [5.41, 5.74) is 8.79. The predicted molar refractivity (Wildman–Crippen MR) is 70.3 cm³/mol. The molecule has 0 aliphatic rings. The van der Waals surface area contributed by atoms with Crippen LogP contribution in [0.15, 0.2) is 23.6 Å². The summed E-state index contributed by atoms with van der Waals surface area (Å²) in [6, 6.07) is 6.20. The molecule has 0 amide bonds. The smallest absolute Gasteiger partial charge is 0.140 e. The number of aryl methyl sites for hydroxylation is 2. The number of rotatable bonds is 4. The van der Waals surface area contributed by atoms with Gasteiger partial charge in [-0.05, 0) is 31.0 Å². The van der Waals surface area contributed by atoms with Crippen molar-refractivity contribution in [3.05, 3.63) is 45.4 Å². The van der Waals surface area contributed by atoms with Crippen LogP contribution in [0.1, 0.15) is 21.8 Å². The lowest BCUT2D eigenvalue weighted by atomic mass is 10.1. The molecule has 0 saturated carbocycles. The molecule has 90 valence electrons. The first-order valence-electron chi connectivity index (χ1n) is 5.52. The molecule has 0 saturated heterocycles. The minimum Gasteiger partial charge on any atom is -0.486 e. The Morgan fingerprint density at radius 3 is 2.88 bits per heavy atom. The number of ether oxygens (including phenoxy) is 1. The molecule has 2 N–H and O–H groups in total. The van der Waals surface area contributed by atoms with Crippen molar-refractivity contribution in [1.82, 2.24) is 4.98 Å². The quantitative estimate of drug-likeness (QED) is 0.905. The van der Waals surface area contributed by atoms with E-state index in [2.05, 4.69) is 24.0 Å². The lowest BCUT2D eigenvalue weighted by Crippen LogP contribution is -1.99. The fourth-order valence-electron chi connectivity index (χ4n) is 1.51. The van der Waals surface area contributed by atoms with Crippen LogP contribution in [0.4, 0.5) is 0 Å². The Morgan fingerprint density at radius 2 is 2.18 bits per heavy atom. The standard InChI is InChI=1S/C13H16N2OS/c1-9-3-4-10(2)12(5-9)16-7-13-15-11(6-14)8-17-13/h3-5,8H,6-7,14H2,1-2H3. The van der Waals surface area contributed by atoms with E-state index in [4.69, 9.17) is 10.5 Å². The van der Waals surface area contributed by atoms with Crippen molar-refractivity contribution in [2.45, 2.75) is 27.0 Å². The van der Waals surface area contributed by atoms with E-state index < -0.39 is 0 Å². The van der Waals surface area contributed by atoms with E-state index in [9.17, 15) is 0 Å². The topological polar surface area (TPSA) is 48.1 Å². The fraction of sp³-hybridized carbons (Fsp3) is 0.308. The van der Waals surface area contributed by atoms with Gasteiger partial charge in [-0.3, -0.25) is 0 Å². The van der Waals surface area contributed by atoms with Crippen LogP contribution in [0.3, 0.4) is 0 Å². The monoisotopic (exact) mass is 248 g/mol. The molecular weight excluding hydrogens is 232 g/mol. The van der Waals surface area contributed by atoms with Gasteiger partial charge in [0.1, 0.15) is 17.4 Å². The highest BCUT2D eigenvalue weighted by molar-refractivity contribution is 7.09. The molecule has 2 rings (SSSR count). The van der Waals surface area contributed by atoms with E-state index in [1.807, 2.05) is 18.4 Å². The van der Waals surface area contributed by atoms with E-state index in [-0.39, 0.29) is 0 Å². The summed E-state index contributed by atoms with van der Waals surface area (Å²) in [5.74, 6) is 0.925. The van der Waals surface area contributed by atoms with E-state index in [0.29, 0.717) is 13.2 Å². The Hall–Kier alpha value is -1.39. The normalized spacial score (nSPS) is 10.5. The zero-order chi connectivity index (χ0) is 12.3. The average Bonchev–Trinajstić information content (AvgIpc) is 2.78. The van der Waals surface area contributed by atoms with Gasteiger partial charge in [0, 0.05) is 11.9 Å². The van der Waals surface area contributed by atoms with Crippen molar-refractivity contribution in [2.75, 3.05) is 0 Å². The van der Waals surface area contributed by atoms with E-state index in [0.717, 1.165) is 22.0 Å². The van der Waals surface area contributed by atoms with Crippen molar-refractivity contribution < 1.29 is 4.74 Å². The molecule has 0 spiro atoms. The van der Waals surface area contributed by atoms with Crippen LogP contribution in [0.5, 0.6) is 5.75 Å². The first-order chi connectivity index (χ1) is 8.19. The first kappa shape index (κ1) is 12.1. The maximum Gasteiger partial charge on any atom is 0.140 e. The van der Waals surface area contributed by atoms with Crippen molar-refractivity contribution in [2.24, 2.45) is 5.73 Å². The average molecular weight is 248 g/mol. The summed E-state index contributed by atoms with van der Waals surface area (Å²) in [6.07, 6.45) is 0. The van der Waals surface area contributed by atoms with E-state index in [1.54, 1.807) is 11.3 Å². The molecule has 17 heavy (non-hydrogen) atoms. The summed E-state index contributed by atoms with van der Waals surface area (Å²) < 4.78 is 5.77. The molecule has 0 fully saturated rings. The summed E-state index contributed by atoms with van der Waals surface area (Å²) in [5, 5.41) is 2.94. The Morgan fingerprint density at radius 1 is 1.35 bits per heavy atom. The minimum atomic E-state index is 0.486. The lowest BCUT2D eigenvalue weighted by molar-refractivity contribution is 0.303. The molecule has 0 atom stereocenters. The Balaban J connectivity index is 2.04. The molecule has 1 aromatic heterocycles. The van der Waals surface area contributed by atoms with Gasteiger partial charge in [0.25, 0.3) is 0 Å². The second kappa shape index (κ2) is 5.29. The molecule has 0 aliphatic heterocycles. The van der Waals surface area contributed by atoms with Gasteiger partial charge in [-0.15, -0.1) is 11.3 Å². The van der Waals surface area contributed by atoms with Crippen LogP contribution < -0.4 is 10.5 Å². The number of hydrogen-bond acceptors (Lipinski definition) is 4. The number of aromatic nitrogens is 1. The molecule has 0 bridgehead atoms. The van der Waals surface area contributed by atoms with Gasteiger partial charge in [-0.2, -0.15) is 0 Å². The molecule has 0 radical (unpaired) electrons. The zero-order valence-corrected chi connectivity index (χ0v) is 10.9. The number of nitrogens with zero attached hydrogens (tertiary/aromatic N) is 1. The Labute approximate surface area is 105 Å². The number of hydrogen-bond donors (Lipinski definition) is 1.